The minimum absolute atomic E-state index is 0.0663. The Morgan fingerprint density at radius 3 is 2.21 bits per heavy atom. The van der Waals surface area contributed by atoms with Gasteiger partial charge in [-0.25, -0.2) is 0 Å². The summed E-state index contributed by atoms with van der Waals surface area (Å²) in [6.45, 7) is 0.275. The van der Waals surface area contributed by atoms with Crippen molar-refractivity contribution < 1.29 is 19.1 Å². The van der Waals surface area contributed by atoms with Crippen molar-refractivity contribution in [2.45, 2.75) is 12.8 Å². The standard InChI is InChI=1S/C19H19NO4/c1-24-19(23)16-12-8-6-11(7-9-12)15(16)10-20-17(21)13-4-2-3-5-14(13)18(20)22/h2-6,8,11-12,15-16H,7,9-10H2,1H3. The zero-order valence-corrected chi connectivity index (χ0v) is 13.5. The Hall–Kier alpha value is -2.43. The molecular formula is C19H19NO4. The maximum Gasteiger partial charge on any atom is 0.309 e. The maximum atomic E-state index is 12.6. The highest BCUT2D eigenvalue weighted by Crippen LogP contribution is 2.46. The van der Waals surface area contributed by atoms with E-state index in [1.807, 2.05) is 0 Å². The molecule has 1 aliphatic heterocycles. The zero-order valence-electron chi connectivity index (χ0n) is 13.5. The first-order valence-corrected chi connectivity index (χ1v) is 8.33. The molecule has 2 amide bonds. The quantitative estimate of drug-likeness (QED) is 0.486. The Morgan fingerprint density at radius 2 is 1.67 bits per heavy atom. The van der Waals surface area contributed by atoms with Gasteiger partial charge in [-0.15, -0.1) is 0 Å². The van der Waals surface area contributed by atoms with Crippen molar-refractivity contribution in [1.82, 2.24) is 4.90 Å². The third-order valence-electron chi connectivity index (χ3n) is 5.66. The van der Waals surface area contributed by atoms with Crippen molar-refractivity contribution in [2.75, 3.05) is 13.7 Å². The number of rotatable bonds is 3. The molecule has 5 heteroatoms. The first-order chi connectivity index (χ1) is 11.6. The Bertz CT molecular complexity index is 718. The second kappa shape index (κ2) is 5.58. The van der Waals surface area contributed by atoms with Crippen LogP contribution in [-0.2, 0) is 9.53 Å². The van der Waals surface area contributed by atoms with E-state index in [2.05, 4.69) is 12.2 Å². The predicted molar refractivity (Wildman–Crippen MR) is 86.2 cm³/mol. The average Bonchev–Trinajstić information content (AvgIpc) is 2.87. The van der Waals surface area contributed by atoms with Crippen LogP contribution in [0.4, 0.5) is 0 Å². The first kappa shape index (κ1) is 15.1. The van der Waals surface area contributed by atoms with Gasteiger partial charge >= 0.3 is 5.97 Å². The van der Waals surface area contributed by atoms with Crippen LogP contribution < -0.4 is 0 Å². The van der Waals surface area contributed by atoms with Gasteiger partial charge in [-0.05, 0) is 42.7 Å². The van der Waals surface area contributed by atoms with Gasteiger partial charge in [-0.3, -0.25) is 19.3 Å². The largest absolute Gasteiger partial charge is 0.469 e. The van der Waals surface area contributed by atoms with Crippen molar-refractivity contribution >= 4 is 17.8 Å². The molecule has 4 aliphatic rings. The molecule has 1 heterocycles. The van der Waals surface area contributed by atoms with Gasteiger partial charge in [-0.1, -0.05) is 24.3 Å². The van der Waals surface area contributed by atoms with Crippen molar-refractivity contribution in [3.05, 3.63) is 47.5 Å². The number of carbonyl (C=O) groups is 3. The molecule has 4 unspecified atom stereocenters. The molecule has 124 valence electrons. The molecule has 5 rings (SSSR count). The molecule has 1 saturated carbocycles. The van der Waals surface area contributed by atoms with Crippen LogP contribution in [0.25, 0.3) is 0 Å². The number of ether oxygens (including phenoxy) is 1. The van der Waals surface area contributed by atoms with E-state index in [1.165, 1.54) is 12.0 Å². The molecule has 3 aliphatic carbocycles. The summed E-state index contributed by atoms with van der Waals surface area (Å²) in [5, 5.41) is 0. The summed E-state index contributed by atoms with van der Waals surface area (Å²) in [5.41, 5.74) is 0.905. The topological polar surface area (TPSA) is 63.7 Å². The van der Waals surface area contributed by atoms with E-state index in [0.717, 1.165) is 12.8 Å². The molecule has 5 nitrogen and oxygen atoms in total. The number of hydrogen-bond donors (Lipinski definition) is 0. The fourth-order valence-corrected chi connectivity index (χ4v) is 4.45. The van der Waals surface area contributed by atoms with Crippen LogP contribution in [0.1, 0.15) is 33.6 Å². The summed E-state index contributed by atoms with van der Waals surface area (Å²) < 4.78 is 4.99. The number of esters is 1. The van der Waals surface area contributed by atoms with Crippen LogP contribution in [0.15, 0.2) is 36.4 Å². The van der Waals surface area contributed by atoms with Crippen LogP contribution in [-0.4, -0.2) is 36.3 Å². The molecule has 1 fully saturated rings. The second-order valence-corrected chi connectivity index (χ2v) is 6.77. The molecular weight excluding hydrogens is 306 g/mol. The van der Waals surface area contributed by atoms with Gasteiger partial charge in [0.05, 0.1) is 24.2 Å². The number of benzene rings is 1. The third kappa shape index (κ3) is 2.11. The lowest BCUT2D eigenvalue weighted by molar-refractivity contribution is -0.152. The molecule has 1 aromatic rings. The minimum atomic E-state index is -0.275. The fraction of sp³-hybridized carbons (Fsp3) is 0.421. The highest BCUT2D eigenvalue weighted by molar-refractivity contribution is 6.21. The Balaban J connectivity index is 1.63. The van der Waals surface area contributed by atoms with E-state index >= 15 is 0 Å². The number of amides is 2. The van der Waals surface area contributed by atoms with Crippen LogP contribution in [0, 0.1) is 23.7 Å². The summed E-state index contributed by atoms with van der Waals surface area (Å²) in [6, 6.07) is 6.88. The Labute approximate surface area is 140 Å². The van der Waals surface area contributed by atoms with E-state index < -0.39 is 0 Å². The van der Waals surface area contributed by atoms with Crippen LogP contribution in [0.2, 0.25) is 0 Å². The number of carbonyl (C=O) groups excluding carboxylic acids is 3. The molecule has 0 aromatic heterocycles. The zero-order chi connectivity index (χ0) is 16.8. The highest BCUT2D eigenvalue weighted by atomic mass is 16.5. The lowest BCUT2D eigenvalue weighted by Crippen LogP contribution is -2.48. The SMILES string of the molecule is COC(=O)C1C2C=CC(CC2)C1CN1C(=O)c2ccccc2C1=O. The van der Waals surface area contributed by atoms with E-state index in [4.69, 9.17) is 4.74 Å². The van der Waals surface area contributed by atoms with Crippen LogP contribution in [0.5, 0.6) is 0 Å². The summed E-state index contributed by atoms with van der Waals surface area (Å²) in [4.78, 5) is 38.8. The second-order valence-electron chi connectivity index (χ2n) is 6.77. The third-order valence-corrected chi connectivity index (χ3v) is 5.66. The fourth-order valence-electron chi connectivity index (χ4n) is 4.45. The van der Waals surface area contributed by atoms with Gasteiger partial charge in [0, 0.05) is 6.54 Å². The molecule has 2 bridgehead atoms. The van der Waals surface area contributed by atoms with E-state index in [1.54, 1.807) is 24.3 Å². The number of hydrogen-bond acceptors (Lipinski definition) is 4. The highest BCUT2D eigenvalue weighted by Gasteiger charge is 2.48. The van der Waals surface area contributed by atoms with E-state index in [0.29, 0.717) is 11.1 Å². The van der Waals surface area contributed by atoms with Gasteiger partial charge in [0.15, 0.2) is 0 Å². The van der Waals surface area contributed by atoms with Crippen molar-refractivity contribution in [2.24, 2.45) is 23.7 Å². The Kier molecular flexibility index (Phi) is 3.52. The van der Waals surface area contributed by atoms with Gasteiger partial charge in [-0.2, -0.15) is 0 Å². The predicted octanol–water partition coefficient (Wildman–Crippen LogP) is 2.28. The van der Waals surface area contributed by atoms with E-state index in [9.17, 15) is 14.4 Å². The van der Waals surface area contributed by atoms with Crippen LogP contribution in [0.3, 0.4) is 0 Å². The lowest BCUT2D eigenvalue weighted by Gasteiger charge is -2.44. The maximum absolute atomic E-state index is 12.6. The molecule has 1 aromatic carbocycles. The van der Waals surface area contributed by atoms with Crippen molar-refractivity contribution in [1.29, 1.82) is 0 Å². The number of imide groups is 1. The summed E-state index contributed by atoms with van der Waals surface area (Å²) >= 11 is 0. The average molecular weight is 325 g/mol. The number of allylic oxidation sites excluding steroid dienone is 2. The lowest BCUT2D eigenvalue weighted by atomic mass is 9.62. The molecule has 4 atom stereocenters. The monoisotopic (exact) mass is 325 g/mol. The summed E-state index contributed by atoms with van der Waals surface area (Å²) in [6.07, 6.45) is 6.17. The molecule has 24 heavy (non-hydrogen) atoms. The van der Waals surface area contributed by atoms with Gasteiger partial charge in [0.2, 0.25) is 0 Å². The number of fused-ring (bicyclic) bond motifs is 3. The summed E-state index contributed by atoms with van der Waals surface area (Å²) in [7, 11) is 1.40. The first-order valence-electron chi connectivity index (χ1n) is 8.33. The molecule has 0 N–H and O–H groups in total. The van der Waals surface area contributed by atoms with E-state index in [-0.39, 0.29) is 48.0 Å². The molecule has 0 radical (unpaired) electrons. The summed E-state index contributed by atoms with van der Waals surface area (Å²) in [5.74, 6) is -0.748. The van der Waals surface area contributed by atoms with Crippen LogP contribution >= 0.6 is 0 Å². The normalized spacial score (nSPS) is 30.6. The minimum Gasteiger partial charge on any atom is -0.469 e. The van der Waals surface area contributed by atoms with Gasteiger partial charge < -0.3 is 4.74 Å². The smallest absolute Gasteiger partial charge is 0.309 e. The molecule has 0 spiro atoms. The van der Waals surface area contributed by atoms with Crippen molar-refractivity contribution in [3.8, 4) is 0 Å². The number of methoxy groups -OCH3 is 1. The Morgan fingerprint density at radius 1 is 1.08 bits per heavy atom. The van der Waals surface area contributed by atoms with Gasteiger partial charge in [0.1, 0.15) is 0 Å². The molecule has 0 saturated heterocycles. The van der Waals surface area contributed by atoms with Gasteiger partial charge in [0.25, 0.3) is 11.8 Å². The van der Waals surface area contributed by atoms with Crippen molar-refractivity contribution in [3.63, 3.8) is 0 Å². The number of nitrogens with zero attached hydrogens (tertiary/aromatic N) is 1.